The number of hydrogen-bond donors (Lipinski definition) is 3. The van der Waals surface area contributed by atoms with Crippen molar-refractivity contribution in [3.05, 3.63) is 11.8 Å². The molecule has 1 saturated heterocycles. The highest BCUT2D eigenvalue weighted by Gasteiger charge is 2.37. The highest BCUT2D eigenvalue weighted by atomic mass is 32.1. The lowest BCUT2D eigenvalue weighted by Crippen LogP contribution is -2.62. The summed E-state index contributed by atoms with van der Waals surface area (Å²) in [6.07, 6.45) is 2.05. The minimum absolute atomic E-state index is 0.0967. The normalized spacial score (nSPS) is 21.4. The third-order valence-electron chi connectivity index (χ3n) is 3.39. The van der Waals surface area contributed by atoms with Gasteiger partial charge in [-0.2, -0.15) is 0 Å². The number of aromatic nitrogens is 1. The highest BCUT2D eigenvalue weighted by Crippen LogP contribution is 2.28. The molecule has 2 rings (SSSR count). The van der Waals surface area contributed by atoms with Gasteiger partial charge in [0.05, 0.1) is 0 Å². The second-order valence-corrected chi connectivity index (χ2v) is 7.33. The van der Waals surface area contributed by atoms with Crippen LogP contribution in [0.15, 0.2) is 10.6 Å². The number of anilines is 1. The van der Waals surface area contributed by atoms with Crippen LogP contribution in [0.1, 0.15) is 46.3 Å². The predicted octanol–water partition coefficient (Wildman–Crippen LogP) is 2.58. The molecular formula is C14H24N4OS. The van der Waals surface area contributed by atoms with Gasteiger partial charge in [0.15, 0.2) is 10.9 Å². The minimum Gasteiger partial charge on any atom is -0.360 e. The van der Waals surface area contributed by atoms with Crippen LogP contribution >= 0.6 is 12.2 Å². The molecule has 0 bridgehead atoms. The molecule has 1 aliphatic heterocycles. The third kappa shape index (κ3) is 4.18. The van der Waals surface area contributed by atoms with E-state index in [0.29, 0.717) is 17.0 Å². The van der Waals surface area contributed by atoms with E-state index in [1.165, 1.54) is 0 Å². The topological polar surface area (TPSA) is 62.1 Å². The zero-order chi connectivity index (χ0) is 15.0. The molecule has 0 saturated carbocycles. The molecule has 1 fully saturated rings. The van der Waals surface area contributed by atoms with Gasteiger partial charge in [-0.25, -0.2) is 0 Å². The fourth-order valence-corrected chi connectivity index (χ4v) is 3.46. The Kier molecular flexibility index (Phi) is 4.07. The van der Waals surface area contributed by atoms with Gasteiger partial charge in [-0.15, -0.1) is 0 Å². The minimum atomic E-state index is 0.0967. The van der Waals surface area contributed by atoms with Gasteiger partial charge in [-0.3, -0.25) is 0 Å². The maximum atomic E-state index is 5.35. The summed E-state index contributed by atoms with van der Waals surface area (Å²) in [6, 6.07) is 2.17. The summed E-state index contributed by atoms with van der Waals surface area (Å²) in [5, 5.41) is 14.6. The van der Waals surface area contributed by atoms with Crippen molar-refractivity contribution in [1.82, 2.24) is 15.8 Å². The van der Waals surface area contributed by atoms with Gasteiger partial charge in [-0.1, -0.05) is 5.16 Å². The molecule has 1 aliphatic rings. The number of piperidine rings is 1. The van der Waals surface area contributed by atoms with Crippen LogP contribution < -0.4 is 16.0 Å². The van der Waals surface area contributed by atoms with E-state index >= 15 is 0 Å². The van der Waals surface area contributed by atoms with Crippen LogP contribution in [0.25, 0.3) is 0 Å². The number of thiocarbonyl (C=S) groups is 1. The Morgan fingerprint density at radius 2 is 1.95 bits per heavy atom. The second-order valence-electron chi connectivity index (χ2n) is 6.92. The molecule has 2 heterocycles. The average molecular weight is 296 g/mol. The van der Waals surface area contributed by atoms with Crippen molar-refractivity contribution in [1.29, 1.82) is 0 Å². The third-order valence-corrected chi connectivity index (χ3v) is 3.61. The fourth-order valence-electron chi connectivity index (χ4n) is 3.19. The number of nitrogens with one attached hydrogen (secondary N) is 3. The first-order valence-corrected chi connectivity index (χ1v) is 7.36. The molecule has 5 nitrogen and oxygen atoms in total. The van der Waals surface area contributed by atoms with Crippen molar-refractivity contribution < 1.29 is 4.52 Å². The van der Waals surface area contributed by atoms with E-state index in [0.717, 1.165) is 18.6 Å². The van der Waals surface area contributed by atoms with Crippen molar-refractivity contribution in [2.45, 2.75) is 64.6 Å². The summed E-state index contributed by atoms with van der Waals surface area (Å²) in [7, 11) is 0. The van der Waals surface area contributed by atoms with Crippen molar-refractivity contribution >= 4 is 23.1 Å². The van der Waals surface area contributed by atoms with Gasteiger partial charge in [0.1, 0.15) is 5.76 Å². The van der Waals surface area contributed by atoms with Gasteiger partial charge in [0, 0.05) is 23.2 Å². The largest absolute Gasteiger partial charge is 0.360 e. The molecule has 0 radical (unpaired) electrons. The Morgan fingerprint density at radius 3 is 2.45 bits per heavy atom. The number of rotatable bonds is 2. The van der Waals surface area contributed by atoms with Crippen molar-refractivity contribution in [3.63, 3.8) is 0 Å². The summed E-state index contributed by atoms with van der Waals surface area (Å²) in [6.45, 7) is 10.7. The van der Waals surface area contributed by atoms with E-state index in [9.17, 15) is 0 Å². The van der Waals surface area contributed by atoms with Crippen LogP contribution in [0.2, 0.25) is 0 Å². The van der Waals surface area contributed by atoms with Crippen molar-refractivity contribution in [2.75, 3.05) is 5.32 Å². The number of hydrogen-bond acceptors (Lipinski definition) is 4. The van der Waals surface area contributed by atoms with Crippen LogP contribution in [0.3, 0.4) is 0 Å². The van der Waals surface area contributed by atoms with E-state index in [1.807, 2.05) is 13.0 Å². The molecule has 1 aromatic heterocycles. The van der Waals surface area contributed by atoms with Crippen LogP contribution in [0, 0.1) is 6.92 Å². The van der Waals surface area contributed by atoms with Gasteiger partial charge >= 0.3 is 0 Å². The van der Waals surface area contributed by atoms with Crippen molar-refractivity contribution in [2.24, 2.45) is 0 Å². The molecule has 0 aromatic carbocycles. The van der Waals surface area contributed by atoms with Gasteiger partial charge < -0.3 is 20.5 Å². The lowest BCUT2D eigenvalue weighted by molar-refractivity contribution is 0.156. The van der Waals surface area contributed by atoms with E-state index in [-0.39, 0.29) is 11.1 Å². The predicted molar refractivity (Wildman–Crippen MR) is 84.9 cm³/mol. The molecular weight excluding hydrogens is 272 g/mol. The molecule has 0 amide bonds. The second kappa shape index (κ2) is 5.33. The standard InChI is InChI=1S/C14H24N4OS/c1-9-6-11(17-19-9)16-12(20)15-10-7-13(2,3)18-14(4,5)8-10/h6,10,18H,7-8H2,1-5H3,(H2,15,16,17,20). The van der Waals surface area contributed by atoms with E-state index in [4.69, 9.17) is 16.7 Å². The molecule has 6 heteroatoms. The molecule has 1 aromatic rings. The Morgan fingerprint density at radius 1 is 1.35 bits per heavy atom. The molecule has 20 heavy (non-hydrogen) atoms. The SMILES string of the molecule is Cc1cc(NC(=S)NC2CC(C)(C)NC(C)(C)C2)no1. The first kappa shape index (κ1) is 15.3. The maximum Gasteiger partial charge on any atom is 0.175 e. The molecule has 3 N–H and O–H groups in total. The summed E-state index contributed by atoms with van der Waals surface area (Å²) in [5.74, 6) is 1.41. The Balaban J connectivity index is 1.93. The van der Waals surface area contributed by atoms with Gasteiger partial charge in [-0.05, 0) is 59.7 Å². The average Bonchev–Trinajstić information content (AvgIpc) is 2.58. The van der Waals surface area contributed by atoms with Crippen molar-refractivity contribution in [3.8, 4) is 0 Å². The summed E-state index contributed by atoms with van der Waals surface area (Å²) in [5.41, 5.74) is 0.193. The molecule has 0 atom stereocenters. The Hall–Kier alpha value is -1.14. The molecule has 0 aliphatic carbocycles. The lowest BCUT2D eigenvalue weighted by Gasteiger charge is -2.46. The first-order valence-electron chi connectivity index (χ1n) is 6.95. The van der Waals surface area contributed by atoms with Gasteiger partial charge in [0.25, 0.3) is 0 Å². The zero-order valence-electron chi connectivity index (χ0n) is 12.8. The zero-order valence-corrected chi connectivity index (χ0v) is 13.6. The highest BCUT2D eigenvalue weighted by molar-refractivity contribution is 7.80. The summed E-state index contributed by atoms with van der Waals surface area (Å²) >= 11 is 5.35. The summed E-state index contributed by atoms with van der Waals surface area (Å²) in [4.78, 5) is 0. The molecule has 112 valence electrons. The number of nitrogens with zero attached hydrogens (tertiary/aromatic N) is 1. The van der Waals surface area contributed by atoms with E-state index in [1.54, 1.807) is 0 Å². The molecule has 0 unspecified atom stereocenters. The van der Waals surface area contributed by atoms with E-state index < -0.39 is 0 Å². The van der Waals surface area contributed by atoms with Gasteiger partial charge in [0.2, 0.25) is 0 Å². The van der Waals surface area contributed by atoms with Crippen LogP contribution in [0.5, 0.6) is 0 Å². The van der Waals surface area contributed by atoms with Crippen LogP contribution in [-0.4, -0.2) is 27.4 Å². The molecule has 0 spiro atoms. The lowest BCUT2D eigenvalue weighted by atomic mass is 9.80. The van der Waals surface area contributed by atoms with E-state index in [2.05, 4.69) is 48.8 Å². The number of aryl methyl sites for hydroxylation is 1. The van der Waals surface area contributed by atoms with Crippen LogP contribution in [0.4, 0.5) is 5.82 Å². The Labute approximate surface area is 125 Å². The Bertz CT molecular complexity index is 479. The maximum absolute atomic E-state index is 5.35. The quantitative estimate of drug-likeness (QED) is 0.729. The fraction of sp³-hybridized carbons (Fsp3) is 0.714. The smallest absolute Gasteiger partial charge is 0.175 e. The monoisotopic (exact) mass is 296 g/mol. The first-order chi connectivity index (χ1) is 9.15. The summed E-state index contributed by atoms with van der Waals surface area (Å²) < 4.78 is 5.01. The van der Waals surface area contributed by atoms with Crippen LogP contribution in [-0.2, 0) is 0 Å².